The van der Waals surface area contributed by atoms with Crippen LogP contribution in [0.2, 0.25) is 0 Å². The second-order valence-electron chi connectivity index (χ2n) is 5.85. The van der Waals surface area contributed by atoms with Crippen molar-refractivity contribution in [3.63, 3.8) is 0 Å². The molecular formula is C15H22ClFN2O3S. The summed E-state index contributed by atoms with van der Waals surface area (Å²) in [6, 6.07) is 4.79. The van der Waals surface area contributed by atoms with Crippen molar-refractivity contribution in [1.29, 1.82) is 0 Å². The molecule has 1 fully saturated rings. The normalized spacial score (nSPS) is 23.0. The van der Waals surface area contributed by atoms with Crippen LogP contribution in [-0.2, 0) is 14.6 Å². The molecule has 1 aliphatic heterocycles. The van der Waals surface area contributed by atoms with E-state index in [0.29, 0.717) is 13.1 Å². The van der Waals surface area contributed by atoms with E-state index in [0.717, 1.165) is 12.1 Å². The van der Waals surface area contributed by atoms with Gasteiger partial charge in [0.25, 0.3) is 0 Å². The van der Waals surface area contributed by atoms with E-state index in [9.17, 15) is 17.6 Å². The SMILES string of the molecule is CC1CN(C(=O)C(C)S(=O)(=O)c2ccc(F)cc2)CC(C)N1.Cl. The van der Waals surface area contributed by atoms with Crippen molar-refractivity contribution in [1.82, 2.24) is 10.2 Å². The molecule has 0 bridgehead atoms. The van der Waals surface area contributed by atoms with Crippen LogP contribution in [0.15, 0.2) is 29.2 Å². The molecule has 1 amide bonds. The van der Waals surface area contributed by atoms with Gasteiger partial charge in [0.05, 0.1) is 4.90 Å². The molecule has 23 heavy (non-hydrogen) atoms. The number of carbonyl (C=O) groups is 1. The molecule has 0 aromatic heterocycles. The van der Waals surface area contributed by atoms with Crippen LogP contribution in [0.1, 0.15) is 20.8 Å². The number of halogens is 2. The van der Waals surface area contributed by atoms with E-state index in [1.54, 1.807) is 4.90 Å². The third-order valence-electron chi connectivity index (χ3n) is 3.82. The Kier molecular flexibility index (Phi) is 6.56. The summed E-state index contributed by atoms with van der Waals surface area (Å²) in [5.41, 5.74) is 0. The van der Waals surface area contributed by atoms with Crippen molar-refractivity contribution >= 4 is 28.2 Å². The second kappa shape index (κ2) is 7.59. The Labute approximate surface area is 142 Å². The van der Waals surface area contributed by atoms with Gasteiger partial charge in [-0.1, -0.05) is 0 Å². The zero-order chi connectivity index (χ0) is 16.5. The lowest BCUT2D eigenvalue weighted by Gasteiger charge is -2.37. The molecule has 1 aromatic carbocycles. The lowest BCUT2D eigenvalue weighted by atomic mass is 10.1. The van der Waals surface area contributed by atoms with E-state index in [-0.39, 0.29) is 29.4 Å². The highest BCUT2D eigenvalue weighted by molar-refractivity contribution is 7.92. The predicted octanol–water partition coefficient (Wildman–Crippen LogP) is 1.62. The fourth-order valence-corrected chi connectivity index (χ4v) is 4.06. The average Bonchev–Trinajstić information content (AvgIpc) is 2.45. The molecule has 1 heterocycles. The van der Waals surface area contributed by atoms with Gasteiger partial charge in [-0.15, -0.1) is 12.4 Å². The van der Waals surface area contributed by atoms with Crippen LogP contribution in [0.25, 0.3) is 0 Å². The Bertz CT molecular complexity index is 641. The maximum atomic E-state index is 12.9. The first kappa shape index (κ1) is 19.9. The first-order chi connectivity index (χ1) is 10.2. The molecule has 1 N–H and O–H groups in total. The molecular weight excluding hydrogens is 343 g/mol. The summed E-state index contributed by atoms with van der Waals surface area (Å²) in [6.07, 6.45) is 0. The Morgan fingerprint density at radius 2 is 1.70 bits per heavy atom. The van der Waals surface area contributed by atoms with Crippen molar-refractivity contribution in [3.8, 4) is 0 Å². The highest BCUT2D eigenvalue weighted by Gasteiger charge is 2.35. The number of benzene rings is 1. The summed E-state index contributed by atoms with van der Waals surface area (Å²) < 4.78 is 37.9. The Morgan fingerprint density at radius 1 is 1.22 bits per heavy atom. The van der Waals surface area contributed by atoms with Crippen molar-refractivity contribution in [2.45, 2.75) is 43.0 Å². The molecule has 3 atom stereocenters. The number of amides is 1. The molecule has 0 spiro atoms. The molecule has 1 aromatic rings. The fraction of sp³-hybridized carbons (Fsp3) is 0.533. The maximum absolute atomic E-state index is 12.9. The number of carbonyl (C=O) groups excluding carboxylic acids is 1. The summed E-state index contributed by atoms with van der Waals surface area (Å²) >= 11 is 0. The largest absolute Gasteiger partial charge is 0.338 e. The molecule has 130 valence electrons. The quantitative estimate of drug-likeness (QED) is 0.828. The monoisotopic (exact) mass is 364 g/mol. The Hall–Kier alpha value is -1.18. The summed E-state index contributed by atoms with van der Waals surface area (Å²) in [5, 5.41) is 2.11. The maximum Gasteiger partial charge on any atom is 0.241 e. The third kappa shape index (κ3) is 4.43. The van der Waals surface area contributed by atoms with Crippen LogP contribution < -0.4 is 5.32 Å². The van der Waals surface area contributed by atoms with Gasteiger partial charge < -0.3 is 10.2 Å². The van der Waals surface area contributed by atoms with Crippen LogP contribution >= 0.6 is 12.4 Å². The lowest BCUT2D eigenvalue weighted by molar-refractivity contribution is -0.132. The minimum Gasteiger partial charge on any atom is -0.338 e. The van der Waals surface area contributed by atoms with Crippen LogP contribution in [0.3, 0.4) is 0 Å². The van der Waals surface area contributed by atoms with Crippen LogP contribution in [0.5, 0.6) is 0 Å². The minimum absolute atomic E-state index is 0. The van der Waals surface area contributed by atoms with E-state index in [2.05, 4.69) is 5.32 Å². The summed E-state index contributed by atoms with van der Waals surface area (Å²) in [4.78, 5) is 14.1. The smallest absolute Gasteiger partial charge is 0.241 e. The number of sulfone groups is 1. The van der Waals surface area contributed by atoms with Crippen molar-refractivity contribution in [3.05, 3.63) is 30.1 Å². The van der Waals surface area contributed by atoms with Gasteiger partial charge in [-0.3, -0.25) is 4.79 Å². The van der Waals surface area contributed by atoms with Gasteiger partial charge in [0.2, 0.25) is 5.91 Å². The van der Waals surface area contributed by atoms with Crippen molar-refractivity contribution in [2.24, 2.45) is 0 Å². The zero-order valence-electron chi connectivity index (χ0n) is 13.3. The van der Waals surface area contributed by atoms with E-state index in [1.165, 1.54) is 19.1 Å². The zero-order valence-corrected chi connectivity index (χ0v) is 15.0. The molecule has 1 saturated heterocycles. The number of hydrogen-bond acceptors (Lipinski definition) is 4. The molecule has 0 saturated carbocycles. The molecule has 5 nitrogen and oxygen atoms in total. The van der Waals surface area contributed by atoms with Crippen LogP contribution in [-0.4, -0.2) is 49.6 Å². The van der Waals surface area contributed by atoms with Gasteiger partial charge in [-0.05, 0) is 45.0 Å². The third-order valence-corrected chi connectivity index (χ3v) is 5.89. The van der Waals surface area contributed by atoms with E-state index in [4.69, 9.17) is 0 Å². The number of piperazine rings is 1. The van der Waals surface area contributed by atoms with E-state index < -0.39 is 26.8 Å². The summed E-state index contributed by atoms with van der Waals surface area (Å²) in [5.74, 6) is -0.924. The van der Waals surface area contributed by atoms with Gasteiger partial charge in [-0.2, -0.15) is 0 Å². The highest BCUT2D eigenvalue weighted by atomic mass is 35.5. The average molecular weight is 365 g/mol. The molecule has 3 unspecified atom stereocenters. The molecule has 1 aliphatic rings. The van der Waals surface area contributed by atoms with Gasteiger partial charge in [-0.25, -0.2) is 12.8 Å². The van der Waals surface area contributed by atoms with Crippen LogP contribution in [0.4, 0.5) is 4.39 Å². The predicted molar refractivity (Wildman–Crippen MR) is 88.9 cm³/mol. The van der Waals surface area contributed by atoms with Gasteiger partial charge in [0, 0.05) is 25.2 Å². The Morgan fingerprint density at radius 3 is 2.17 bits per heavy atom. The minimum atomic E-state index is -3.82. The number of rotatable bonds is 3. The first-order valence-corrected chi connectivity index (χ1v) is 8.80. The number of hydrogen-bond donors (Lipinski definition) is 1. The highest BCUT2D eigenvalue weighted by Crippen LogP contribution is 2.19. The second-order valence-corrected chi connectivity index (χ2v) is 8.12. The van der Waals surface area contributed by atoms with Gasteiger partial charge in [0.15, 0.2) is 9.84 Å². The van der Waals surface area contributed by atoms with E-state index in [1.807, 2.05) is 13.8 Å². The fourth-order valence-electron chi connectivity index (χ4n) is 2.72. The summed E-state index contributed by atoms with van der Waals surface area (Å²) in [7, 11) is -3.82. The van der Waals surface area contributed by atoms with Gasteiger partial charge in [0.1, 0.15) is 11.1 Å². The summed E-state index contributed by atoms with van der Waals surface area (Å²) in [6.45, 7) is 6.25. The van der Waals surface area contributed by atoms with Crippen LogP contribution in [0, 0.1) is 5.82 Å². The number of nitrogens with one attached hydrogen (secondary N) is 1. The lowest BCUT2D eigenvalue weighted by Crippen LogP contribution is -2.58. The number of nitrogens with zero attached hydrogens (tertiary/aromatic N) is 1. The molecule has 0 radical (unpaired) electrons. The molecule has 2 rings (SSSR count). The van der Waals surface area contributed by atoms with Crippen molar-refractivity contribution in [2.75, 3.05) is 13.1 Å². The standard InChI is InChI=1S/C15H21FN2O3S.ClH/c1-10-8-18(9-11(2)17-10)15(19)12(3)22(20,21)14-6-4-13(16)5-7-14;/h4-7,10-12,17H,8-9H2,1-3H3;1H. The van der Waals surface area contributed by atoms with E-state index >= 15 is 0 Å². The topological polar surface area (TPSA) is 66.5 Å². The molecule has 8 heteroatoms. The molecule has 0 aliphatic carbocycles. The van der Waals surface area contributed by atoms with Gasteiger partial charge >= 0.3 is 0 Å². The first-order valence-electron chi connectivity index (χ1n) is 7.26. The Balaban J connectivity index is 0.00000264. The van der Waals surface area contributed by atoms with Crippen molar-refractivity contribution < 1.29 is 17.6 Å².